The van der Waals surface area contributed by atoms with Gasteiger partial charge in [0.05, 0.1) is 5.71 Å². The SMILES string of the molecule is CC(=O)CCC(C)=NOS(=O)(=O)c1ccccc1. The minimum absolute atomic E-state index is 0.0236. The summed E-state index contributed by atoms with van der Waals surface area (Å²) in [5.41, 5.74) is 0.463. The zero-order chi connectivity index (χ0) is 13.6. The molecule has 0 saturated heterocycles. The van der Waals surface area contributed by atoms with Crippen LogP contribution in [0, 0.1) is 0 Å². The lowest BCUT2D eigenvalue weighted by Crippen LogP contribution is -2.05. The van der Waals surface area contributed by atoms with Crippen LogP contribution in [-0.2, 0) is 19.2 Å². The molecule has 1 rings (SSSR count). The Bertz CT molecular complexity index is 534. The molecule has 0 heterocycles. The molecule has 0 atom stereocenters. The highest BCUT2D eigenvalue weighted by Crippen LogP contribution is 2.11. The van der Waals surface area contributed by atoms with Gasteiger partial charge in [-0.1, -0.05) is 23.4 Å². The highest BCUT2D eigenvalue weighted by Gasteiger charge is 2.14. The first kappa shape index (κ1) is 14.4. The number of hydrogen-bond donors (Lipinski definition) is 0. The lowest BCUT2D eigenvalue weighted by molar-refractivity contribution is -0.116. The third-order valence-electron chi connectivity index (χ3n) is 2.16. The molecule has 0 saturated carbocycles. The highest BCUT2D eigenvalue weighted by atomic mass is 32.2. The first-order chi connectivity index (χ1) is 8.42. The molecule has 0 fully saturated rings. The van der Waals surface area contributed by atoms with E-state index in [2.05, 4.69) is 9.44 Å². The van der Waals surface area contributed by atoms with E-state index in [4.69, 9.17) is 0 Å². The van der Waals surface area contributed by atoms with E-state index < -0.39 is 10.1 Å². The van der Waals surface area contributed by atoms with E-state index in [-0.39, 0.29) is 10.7 Å². The van der Waals surface area contributed by atoms with Crippen molar-refractivity contribution < 1.29 is 17.5 Å². The topological polar surface area (TPSA) is 72.8 Å². The lowest BCUT2D eigenvalue weighted by Gasteiger charge is -2.02. The molecule has 5 nitrogen and oxygen atoms in total. The second kappa shape index (κ2) is 6.30. The maximum absolute atomic E-state index is 11.7. The van der Waals surface area contributed by atoms with Crippen molar-refractivity contribution in [3.05, 3.63) is 30.3 Å². The van der Waals surface area contributed by atoms with Crippen molar-refractivity contribution in [1.82, 2.24) is 0 Å². The summed E-state index contributed by atoms with van der Waals surface area (Å²) in [7, 11) is -3.87. The van der Waals surface area contributed by atoms with Crippen molar-refractivity contribution in [3.63, 3.8) is 0 Å². The molecular formula is C12H15NO4S. The number of Topliss-reactive ketones (excluding diaryl/α,β-unsaturated/α-hetero) is 1. The van der Waals surface area contributed by atoms with E-state index in [0.717, 1.165) is 0 Å². The van der Waals surface area contributed by atoms with E-state index in [1.807, 2.05) is 0 Å². The Hall–Kier alpha value is -1.69. The quantitative estimate of drug-likeness (QED) is 0.586. The number of carbonyl (C=O) groups is 1. The molecule has 0 aliphatic carbocycles. The molecule has 0 bridgehead atoms. The van der Waals surface area contributed by atoms with Crippen LogP contribution in [0.3, 0.4) is 0 Å². The maximum Gasteiger partial charge on any atom is 0.358 e. The highest BCUT2D eigenvalue weighted by molar-refractivity contribution is 7.86. The van der Waals surface area contributed by atoms with Gasteiger partial charge in [0.2, 0.25) is 0 Å². The molecule has 1 aromatic rings. The first-order valence-corrected chi connectivity index (χ1v) is 6.84. The molecule has 18 heavy (non-hydrogen) atoms. The van der Waals surface area contributed by atoms with Gasteiger partial charge in [0.1, 0.15) is 10.7 Å². The Morgan fingerprint density at radius 1 is 1.17 bits per heavy atom. The molecule has 0 aromatic heterocycles. The minimum Gasteiger partial charge on any atom is -0.300 e. The normalized spacial score (nSPS) is 12.2. The van der Waals surface area contributed by atoms with E-state index >= 15 is 0 Å². The molecule has 0 aliphatic rings. The molecule has 1 aromatic carbocycles. The van der Waals surface area contributed by atoms with Crippen LogP contribution in [0.4, 0.5) is 0 Å². The van der Waals surface area contributed by atoms with E-state index in [9.17, 15) is 13.2 Å². The summed E-state index contributed by atoms with van der Waals surface area (Å²) in [6.07, 6.45) is 0.712. The smallest absolute Gasteiger partial charge is 0.300 e. The Morgan fingerprint density at radius 3 is 2.33 bits per heavy atom. The standard InChI is InChI=1S/C12H15NO4S/c1-10(8-9-11(2)14)13-17-18(15,16)12-6-4-3-5-7-12/h3-7H,8-9H2,1-2H3. The van der Waals surface area contributed by atoms with Crippen LogP contribution in [0.5, 0.6) is 0 Å². The van der Waals surface area contributed by atoms with Gasteiger partial charge in [-0.2, -0.15) is 8.42 Å². The number of benzene rings is 1. The summed E-state index contributed by atoms with van der Waals surface area (Å²) in [5.74, 6) is 0.0236. The molecule has 0 radical (unpaired) electrons. The van der Waals surface area contributed by atoms with Gasteiger partial charge in [-0.05, 0) is 32.4 Å². The van der Waals surface area contributed by atoms with Crippen molar-refractivity contribution in [1.29, 1.82) is 0 Å². The molecule has 0 spiro atoms. The predicted molar refractivity (Wildman–Crippen MR) is 67.7 cm³/mol. The Labute approximate surface area is 107 Å². The third kappa shape index (κ3) is 4.67. The van der Waals surface area contributed by atoms with Crippen LogP contribution in [-0.4, -0.2) is 19.9 Å². The van der Waals surface area contributed by atoms with Crippen molar-refractivity contribution in [2.24, 2.45) is 5.16 Å². The number of hydrogen-bond acceptors (Lipinski definition) is 5. The summed E-state index contributed by atoms with van der Waals surface area (Å²) in [4.78, 5) is 10.8. The van der Waals surface area contributed by atoms with Gasteiger partial charge in [-0.15, -0.1) is 0 Å². The van der Waals surface area contributed by atoms with Gasteiger partial charge in [0.15, 0.2) is 0 Å². The number of nitrogens with zero attached hydrogens (tertiary/aromatic N) is 1. The Morgan fingerprint density at radius 2 is 1.78 bits per heavy atom. The summed E-state index contributed by atoms with van der Waals surface area (Å²) < 4.78 is 27.9. The average Bonchev–Trinajstić information content (AvgIpc) is 2.35. The fraction of sp³-hybridized carbons (Fsp3) is 0.333. The molecule has 0 amide bonds. The van der Waals surface area contributed by atoms with Gasteiger partial charge in [-0.25, -0.2) is 0 Å². The van der Waals surface area contributed by atoms with Gasteiger partial charge in [0.25, 0.3) is 0 Å². The van der Waals surface area contributed by atoms with Crippen LogP contribution in [0.25, 0.3) is 0 Å². The van der Waals surface area contributed by atoms with Crippen LogP contribution in [0.15, 0.2) is 40.4 Å². The third-order valence-corrected chi connectivity index (χ3v) is 3.28. The van der Waals surface area contributed by atoms with Crippen molar-refractivity contribution in [3.8, 4) is 0 Å². The molecule has 0 N–H and O–H groups in total. The number of ketones is 1. The second-order valence-corrected chi connectivity index (χ2v) is 5.40. The van der Waals surface area contributed by atoms with Crippen molar-refractivity contribution in [2.75, 3.05) is 0 Å². The van der Waals surface area contributed by atoms with Crippen LogP contribution < -0.4 is 0 Å². The monoisotopic (exact) mass is 269 g/mol. The molecule has 6 heteroatoms. The molecule has 98 valence electrons. The number of oxime groups is 1. The molecule has 0 aliphatic heterocycles. The van der Waals surface area contributed by atoms with E-state index in [1.54, 1.807) is 25.1 Å². The zero-order valence-corrected chi connectivity index (χ0v) is 11.1. The number of carbonyl (C=O) groups excluding carboxylic acids is 1. The van der Waals surface area contributed by atoms with Gasteiger partial charge >= 0.3 is 10.1 Å². The average molecular weight is 269 g/mol. The van der Waals surface area contributed by atoms with Crippen LogP contribution in [0.2, 0.25) is 0 Å². The van der Waals surface area contributed by atoms with Gasteiger partial charge in [-0.3, -0.25) is 4.28 Å². The van der Waals surface area contributed by atoms with Crippen molar-refractivity contribution in [2.45, 2.75) is 31.6 Å². The van der Waals surface area contributed by atoms with Crippen molar-refractivity contribution >= 4 is 21.6 Å². The van der Waals surface area contributed by atoms with Crippen LogP contribution >= 0.6 is 0 Å². The summed E-state index contributed by atoms with van der Waals surface area (Å²) in [5, 5.41) is 3.52. The number of rotatable bonds is 6. The largest absolute Gasteiger partial charge is 0.358 e. The first-order valence-electron chi connectivity index (χ1n) is 5.43. The minimum atomic E-state index is -3.87. The summed E-state index contributed by atoms with van der Waals surface area (Å²) in [6, 6.07) is 7.76. The Kier molecular flexibility index (Phi) is 5.03. The van der Waals surface area contributed by atoms with E-state index in [0.29, 0.717) is 18.6 Å². The lowest BCUT2D eigenvalue weighted by atomic mass is 10.2. The fourth-order valence-electron chi connectivity index (χ4n) is 1.15. The summed E-state index contributed by atoms with van der Waals surface area (Å²) in [6.45, 7) is 3.08. The molecular weight excluding hydrogens is 254 g/mol. The Balaban J connectivity index is 2.67. The second-order valence-electron chi connectivity index (χ2n) is 3.87. The fourth-order valence-corrected chi connectivity index (χ4v) is 1.95. The van der Waals surface area contributed by atoms with Crippen LogP contribution in [0.1, 0.15) is 26.7 Å². The summed E-state index contributed by atoms with van der Waals surface area (Å²) >= 11 is 0. The van der Waals surface area contributed by atoms with Gasteiger partial charge in [0, 0.05) is 6.42 Å². The molecule has 0 unspecified atom stereocenters. The zero-order valence-electron chi connectivity index (χ0n) is 10.3. The maximum atomic E-state index is 11.7. The van der Waals surface area contributed by atoms with E-state index in [1.165, 1.54) is 19.1 Å². The predicted octanol–water partition coefficient (Wildman–Crippen LogP) is 2.14. The van der Waals surface area contributed by atoms with Gasteiger partial charge < -0.3 is 4.79 Å².